The topological polar surface area (TPSA) is 25.8 Å². The second kappa shape index (κ2) is 4.39. The van der Waals surface area contributed by atoms with Crippen molar-refractivity contribution in [3.8, 4) is 0 Å². The predicted octanol–water partition coefficient (Wildman–Crippen LogP) is 3.14. The predicted molar refractivity (Wildman–Crippen MR) is 62.9 cm³/mol. The van der Waals surface area contributed by atoms with Crippen LogP contribution in [0.2, 0.25) is 0 Å². The van der Waals surface area contributed by atoms with Crippen molar-refractivity contribution in [2.45, 2.75) is 33.1 Å². The zero-order chi connectivity index (χ0) is 10.7. The van der Waals surface area contributed by atoms with Crippen molar-refractivity contribution in [2.24, 2.45) is 0 Å². The van der Waals surface area contributed by atoms with E-state index in [-0.39, 0.29) is 0 Å². The Labute approximate surface area is 90.4 Å². The first kappa shape index (κ1) is 10.1. The summed E-state index contributed by atoms with van der Waals surface area (Å²) in [5.74, 6) is 0.956. The van der Waals surface area contributed by atoms with Crippen LogP contribution in [-0.2, 0) is 12.8 Å². The van der Waals surface area contributed by atoms with Gasteiger partial charge >= 0.3 is 0 Å². The van der Waals surface area contributed by atoms with E-state index in [1.807, 2.05) is 6.07 Å². The van der Waals surface area contributed by atoms with E-state index in [2.05, 4.69) is 42.0 Å². The van der Waals surface area contributed by atoms with E-state index in [9.17, 15) is 0 Å². The van der Waals surface area contributed by atoms with Crippen molar-refractivity contribution >= 4 is 10.9 Å². The fraction of sp³-hybridized carbons (Fsp3) is 0.385. The Kier molecular flexibility index (Phi) is 2.95. The molecule has 2 aromatic rings. The van der Waals surface area contributed by atoms with Crippen LogP contribution in [0.4, 0.5) is 0 Å². The van der Waals surface area contributed by atoms with Gasteiger partial charge in [0.2, 0.25) is 0 Å². The van der Waals surface area contributed by atoms with Gasteiger partial charge in [-0.3, -0.25) is 0 Å². The Morgan fingerprint density at radius 1 is 1.07 bits per heavy atom. The van der Waals surface area contributed by atoms with Crippen LogP contribution in [-0.4, -0.2) is 9.97 Å². The average Bonchev–Trinajstić information content (AvgIpc) is 2.29. The third-order valence-corrected chi connectivity index (χ3v) is 2.53. The van der Waals surface area contributed by atoms with E-state index in [0.717, 1.165) is 30.6 Å². The summed E-state index contributed by atoms with van der Waals surface area (Å²) in [5.41, 5.74) is 2.27. The smallest absolute Gasteiger partial charge is 0.129 e. The van der Waals surface area contributed by atoms with Crippen LogP contribution in [0.1, 0.15) is 31.8 Å². The van der Waals surface area contributed by atoms with Crippen molar-refractivity contribution in [3.05, 3.63) is 35.8 Å². The maximum Gasteiger partial charge on any atom is 0.129 e. The number of hydrogen-bond acceptors (Lipinski definition) is 2. The number of nitrogens with zero attached hydrogens (tertiary/aromatic N) is 2. The molecule has 0 saturated carbocycles. The molecule has 0 bridgehead atoms. The van der Waals surface area contributed by atoms with E-state index < -0.39 is 0 Å². The number of rotatable bonds is 3. The molecule has 0 aliphatic rings. The van der Waals surface area contributed by atoms with Crippen LogP contribution in [0, 0.1) is 0 Å². The van der Waals surface area contributed by atoms with Crippen LogP contribution in [0.5, 0.6) is 0 Å². The molecule has 1 aromatic heterocycles. The summed E-state index contributed by atoms with van der Waals surface area (Å²) in [6.45, 7) is 4.28. The standard InChI is InChI=1S/C13H16N2/c1-3-7-11-10-8-5-6-9-12(10)15-13(4-2)14-11/h5-6,8-9H,3-4,7H2,1-2H3. The van der Waals surface area contributed by atoms with Gasteiger partial charge in [0.1, 0.15) is 5.82 Å². The molecule has 0 atom stereocenters. The highest BCUT2D eigenvalue weighted by atomic mass is 14.9. The number of aromatic nitrogens is 2. The molecule has 0 spiro atoms. The minimum atomic E-state index is 0.904. The molecule has 1 heterocycles. The second-order valence-electron chi connectivity index (χ2n) is 3.71. The maximum absolute atomic E-state index is 4.60. The second-order valence-corrected chi connectivity index (χ2v) is 3.71. The van der Waals surface area contributed by atoms with Gasteiger partial charge in [0.05, 0.1) is 11.2 Å². The molecule has 0 radical (unpaired) electrons. The first-order chi connectivity index (χ1) is 7.35. The number of fused-ring (bicyclic) bond motifs is 1. The zero-order valence-electron chi connectivity index (χ0n) is 9.33. The molecular formula is C13H16N2. The van der Waals surface area contributed by atoms with E-state index in [0.29, 0.717) is 0 Å². The van der Waals surface area contributed by atoms with Gasteiger partial charge in [-0.15, -0.1) is 0 Å². The summed E-state index contributed by atoms with van der Waals surface area (Å²) in [4.78, 5) is 9.12. The lowest BCUT2D eigenvalue weighted by Gasteiger charge is -2.06. The zero-order valence-corrected chi connectivity index (χ0v) is 9.33. The average molecular weight is 200 g/mol. The number of para-hydroxylation sites is 1. The van der Waals surface area contributed by atoms with Crippen LogP contribution >= 0.6 is 0 Å². The van der Waals surface area contributed by atoms with Gasteiger partial charge in [-0.2, -0.15) is 0 Å². The van der Waals surface area contributed by atoms with Crippen molar-refractivity contribution in [1.82, 2.24) is 9.97 Å². The maximum atomic E-state index is 4.60. The minimum absolute atomic E-state index is 0.904. The first-order valence-corrected chi connectivity index (χ1v) is 5.59. The number of hydrogen-bond donors (Lipinski definition) is 0. The summed E-state index contributed by atoms with van der Waals surface area (Å²) in [6, 6.07) is 8.26. The lowest BCUT2D eigenvalue weighted by molar-refractivity contribution is 0.852. The lowest BCUT2D eigenvalue weighted by atomic mass is 10.1. The van der Waals surface area contributed by atoms with Crippen molar-refractivity contribution in [2.75, 3.05) is 0 Å². The van der Waals surface area contributed by atoms with E-state index >= 15 is 0 Å². The Balaban J connectivity index is 2.63. The fourth-order valence-electron chi connectivity index (χ4n) is 1.78. The Morgan fingerprint density at radius 3 is 2.60 bits per heavy atom. The largest absolute Gasteiger partial charge is 0.237 e. The van der Waals surface area contributed by atoms with Crippen LogP contribution in [0.25, 0.3) is 10.9 Å². The van der Waals surface area contributed by atoms with Gasteiger partial charge in [0.25, 0.3) is 0 Å². The van der Waals surface area contributed by atoms with Gasteiger partial charge in [-0.1, -0.05) is 38.5 Å². The third kappa shape index (κ3) is 1.99. The summed E-state index contributed by atoms with van der Waals surface area (Å²) in [5, 5.41) is 1.21. The molecule has 0 aliphatic heterocycles. The summed E-state index contributed by atoms with van der Waals surface area (Å²) < 4.78 is 0. The van der Waals surface area contributed by atoms with E-state index in [1.165, 1.54) is 11.1 Å². The van der Waals surface area contributed by atoms with Gasteiger partial charge in [0, 0.05) is 11.8 Å². The normalized spacial score (nSPS) is 10.8. The summed E-state index contributed by atoms with van der Waals surface area (Å²) in [6.07, 6.45) is 3.07. The van der Waals surface area contributed by atoms with Crippen LogP contribution < -0.4 is 0 Å². The highest BCUT2D eigenvalue weighted by molar-refractivity contribution is 5.80. The monoisotopic (exact) mass is 200 g/mol. The molecule has 0 aliphatic carbocycles. The van der Waals surface area contributed by atoms with Crippen LogP contribution in [0.15, 0.2) is 24.3 Å². The van der Waals surface area contributed by atoms with Gasteiger partial charge in [-0.05, 0) is 12.5 Å². The molecule has 0 fully saturated rings. The van der Waals surface area contributed by atoms with Gasteiger partial charge < -0.3 is 0 Å². The van der Waals surface area contributed by atoms with Gasteiger partial charge in [0.15, 0.2) is 0 Å². The fourth-order valence-corrected chi connectivity index (χ4v) is 1.78. The molecule has 0 saturated heterocycles. The van der Waals surface area contributed by atoms with Crippen molar-refractivity contribution in [3.63, 3.8) is 0 Å². The Bertz CT molecular complexity index is 463. The number of aryl methyl sites for hydroxylation is 2. The van der Waals surface area contributed by atoms with Crippen molar-refractivity contribution < 1.29 is 0 Å². The summed E-state index contributed by atoms with van der Waals surface area (Å²) in [7, 11) is 0. The van der Waals surface area contributed by atoms with E-state index in [1.54, 1.807) is 0 Å². The highest BCUT2D eigenvalue weighted by Gasteiger charge is 2.04. The van der Waals surface area contributed by atoms with E-state index in [4.69, 9.17) is 0 Å². The molecule has 0 amide bonds. The molecule has 2 heteroatoms. The number of benzene rings is 1. The SMILES string of the molecule is CCCc1nc(CC)nc2ccccc12. The third-order valence-electron chi connectivity index (χ3n) is 2.53. The molecule has 78 valence electrons. The molecule has 15 heavy (non-hydrogen) atoms. The Morgan fingerprint density at radius 2 is 1.87 bits per heavy atom. The Hall–Kier alpha value is -1.44. The molecule has 1 aromatic carbocycles. The van der Waals surface area contributed by atoms with Crippen LogP contribution in [0.3, 0.4) is 0 Å². The molecule has 0 N–H and O–H groups in total. The van der Waals surface area contributed by atoms with Crippen molar-refractivity contribution in [1.29, 1.82) is 0 Å². The molecule has 0 unspecified atom stereocenters. The lowest BCUT2D eigenvalue weighted by Crippen LogP contribution is -1.99. The summed E-state index contributed by atoms with van der Waals surface area (Å²) >= 11 is 0. The van der Waals surface area contributed by atoms with Gasteiger partial charge in [-0.25, -0.2) is 9.97 Å². The molecular weight excluding hydrogens is 184 g/mol. The molecule has 2 rings (SSSR count). The minimum Gasteiger partial charge on any atom is -0.237 e. The first-order valence-electron chi connectivity index (χ1n) is 5.59. The molecule has 2 nitrogen and oxygen atoms in total. The quantitative estimate of drug-likeness (QED) is 0.760. The highest BCUT2D eigenvalue weighted by Crippen LogP contribution is 2.16.